The zero-order chi connectivity index (χ0) is 9.47. The molecule has 1 aliphatic heterocycles. The monoisotopic (exact) mass is 181 g/mol. The van der Waals surface area contributed by atoms with Crippen LogP contribution in [0.5, 0.6) is 0 Å². The molecular weight excluding hydrogens is 158 g/mol. The summed E-state index contributed by atoms with van der Waals surface area (Å²) >= 11 is 0. The van der Waals surface area contributed by atoms with Crippen LogP contribution in [0.1, 0.15) is 46.5 Å². The van der Waals surface area contributed by atoms with Crippen LogP contribution in [0.4, 0.5) is 0 Å². The minimum absolute atomic E-state index is 0.484. The summed E-state index contributed by atoms with van der Waals surface area (Å²) in [5.74, 6) is 1.06. The van der Waals surface area contributed by atoms with Crippen LogP contribution in [0.15, 0.2) is 0 Å². The molecule has 2 fully saturated rings. The van der Waals surface area contributed by atoms with Gasteiger partial charge in [-0.25, -0.2) is 0 Å². The maximum Gasteiger partial charge on any atom is 0.0124 e. The number of hydrogen-bond donors (Lipinski definition) is 0. The highest BCUT2D eigenvalue weighted by Gasteiger charge is 2.38. The molecule has 0 N–H and O–H groups in total. The zero-order valence-electron chi connectivity index (χ0n) is 9.34. The van der Waals surface area contributed by atoms with E-state index in [1.807, 2.05) is 0 Å². The Morgan fingerprint density at radius 2 is 1.92 bits per heavy atom. The molecule has 1 heteroatoms. The van der Waals surface area contributed by atoms with Gasteiger partial charge in [-0.15, -0.1) is 0 Å². The van der Waals surface area contributed by atoms with E-state index in [1.165, 1.54) is 38.8 Å². The first-order valence-electron chi connectivity index (χ1n) is 5.80. The van der Waals surface area contributed by atoms with Gasteiger partial charge in [-0.3, -0.25) is 4.90 Å². The van der Waals surface area contributed by atoms with E-state index in [-0.39, 0.29) is 0 Å². The third-order valence-electron chi connectivity index (χ3n) is 3.55. The molecule has 0 radical (unpaired) electrons. The number of likely N-dealkylation sites (tertiary alicyclic amines) is 1. The van der Waals surface area contributed by atoms with Crippen molar-refractivity contribution >= 4 is 0 Å². The average Bonchev–Trinajstić information content (AvgIpc) is 2.50. The second-order valence-electron chi connectivity index (χ2n) is 6.08. The van der Waals surface area contributed by atoms with Crippen molar-refractivity contribution in [1.29, 1.82) is 0 Å². The highest BCUT2D eigenvalue weighted by atomic mass is 15.2. The van der Waals surface area contributed by atoms with Gasteiger partial charge >= 0.3 is 0 Å². The molecule has 2 unspecified atom stereocenters. The summed E-state index contributed by atoms with van der Waals surface area (Å²) in [6, 6.07) is 0.958. The van der Waals surface area contributed by atoms with Gasteiger partial charge in [-0.2, -0.15) is 0 Å². The molecule has 2 aliphatic rings. The molecule has 2 atom stereocenters. The Bertz CT molecular complexity index is 180. The van der Waals surface area contributed by atoms with Gasteiger partial charge in [0.2, 0.25) is 0 Å². The van der Waals surface area contributed by atoms with Gasteiger partial charge in [0, 0.05) is 12.6 Å². The Balaban J connectivity index is 1.94. The minimum atomic E-state index is 0.484. The summed E-state index contributed by atoms with van der Waals surface area (Å²) in [5, 5.41) is 0. The van der Waals surface area contributed by atoms with E-state index in [4.69, 9.17) is 0 Å². The fraction of sp³-hybridized carbons (Fsp3) is 1.00. The van der Waals surface area contributed by atoms with Crippen LogP contribution in [0.25, 0.3) is 0 Å². The normalized spacial score (nSPS) is 35.3. The van der Waals surface area contributed by atoms with Crippen molar-refractivity contribution in [3.63, 3.8) is 0 Å². The van der Waals surface area contributed by atoms with Crippen molar-refractivity contribution in [2.75, 3.05) is 13.1 Å². The Hall–Kier alpha value is -0.0400. The maximum absolute atomic E-state index is 2.75. The Morgan fingerprint density at radius 3 is 2.62 bits per heavy atom. The van der Waals surface area contributed by atoms with Crippen molar-refractivity contribution in [3.05, 3.63) is 0 Å². The summed E-state index contributed by atoms with van der Waals surface area (Å²) in [6.07, 6.45) is 5.93. The predicted octanol–water partition coefficient (Wildman–Crippen LogP) is 2.91. The van der Waals surface area contributed by atoms with E-state index in [9.17, 15) is 0 Å². The molecule has 1 nitrogen and oxygen atoms in total. The van der Waals surface area contributed by atoms with Crippen LogP contribution in [0.2, 0.25) is 0 Å². The zero-order valence-corrected chi connectivity index (χ0v) is 9.34. The lowest BCUT2D eigenvalue weighted by atomic mass is 9.95. The standard InChI is InChI=1S/C12H23N/c1-12(2,3)9-13-8-7-10-5-4-6-11(10)13/h10-11H,4-9H2,1-3H3. The molecule has 2 rings (SSSR count). The topological polar surface area (TPSA) is 3.24 Å². The van der Waals surface area contributed by atoms with Gasteiger partial charge in [0.1, 0.15) is 0 Å². The van der Waals surface area contributed by atoms with Crippen LogP contribution < -0.4 is 0 Å². The number of fused-ring (bicyclic) bond motifs is 1. The van der Waals surface area contributed by atoms with Gasteiger partial charge in [-0.1, -0.05) is 27.2 Å². The SMILES string of the molecule is CC(C)(C)CN1CCC2CCCC21. The number of hydrogen-bond acceptors (Lipinski definition) is 1. The quantitative estimate of drug-likeness (QED) is 0.601. The molecule has 1 heterocycles. The van der Waals surface area contributed by atoms with Crippen LogP contribution in [-0.4, -0.2) is 24.0 Å². The molecule has 0 amide bonds. The summed E-state index contributed by atoms with van der Waals surface area (Å²) in [7, 11) is 0. The fourth-order valence-corrected chi connectivity index (χ4v) is 3.14. The van der Waals surface area contributed by atoms with Gasteiger partial charge in [-0.05, 0) is 37.1 Å². The molecule has 0 spiro atoms. The Labute approximate surface area is 82.5 Å². The van der Waals surface area contributed by atoms with Crippen LogP contribution in [0.3, 0.4) is 0 Å². The van der Waals surface area contributed by atoms with Crippen LogP contribution in [0, 0.1) is 11.3 Å². The molecule has 0 aromatic carbocycles. The van der Waals surface area contributed by atoms with E-state index in [2.05, 4.69) is 25.7 Å². The first-order valence-corrected chi connectivity index (χ1v) is 5.80. The second-order valence-corrected chi connectivity index (χ2v) is 6.08. The Morgan fingerprint density at radius 1 is 1.15 bits per heavy atom. The second kappa shape index (κ2) is 3.27. The summed E-state index contributed by atoms with van der Waals surface area (Å²) < 4.78 is 0. The fourth-order valence-electron chi connectivity index (χ4n) is 3.14. The highest BCUT2D eigenvalue weighted by molar-refractivity contribution is 4.92. The molecule has 76 valence electrons. The van der Waals surface area contributed by atoms with E-state index in [0.717, 1.165) is 12.0 Å². The lowest BCUT2D eigenvalue weighted by Gasteiger charge is -2.30. The van der Waals surface area contributed by atoms with E-state index >= 15 is 0 Å². The number of rotatable bonds is 1. The lowest BCUT2D eigenvalue weighted by Crippen LogP contribution is -2.36. The molecule has 1 aliphatic carbocycles. The molecule has 0 bridgehead atoms. The average molecular weight is 181 g/mol. The molecule has 1 saturated heterocycles. The molecule has 0 aromatic rings. The van der Waals surface area contributed by atoms with Gasteiger partial charge in [0.15, 0.2) is 0 Å². The van der Waals surface area contributed by atoms with E-state index < -0.39 is 0 Å². The Kier molecular flexibility index (Phi) is 2.39. The summed E-state index contributed by atoms with van der Waals surface area (Å²) in [6.45, 7) is 9.74. The van der Waals surface area contributed by atoms with Gasteiger partial charge in [0.05, 0.1) is 0 Å². The van der Waals surface area contributed by atoms with Gasteiger partial charge in [0.25, 0.3) is 0 Å². The summed E-state index contributed by atoms with van der Waals surface area (Å²) in [5.41, 5.74) is 0.484. The van der Waals surface area contributed by atoms with Crippen molar-refractivity contribution in [3.8, 4) is 0 Å². The highest BCUT2D eigenvalue weighted by Crippen LogP contribution is 2.38. The van der Waals surface area contributed by atoms with E-state index in [1.54, 1.807) is 0 Å². The van der Waals surface area contributed by atoms with Crippen molar-refractivity contribution < 1.29 is 0 Å². The third kappa shape index (κ3) is 2.07. The van der Waals surface area contributed by atoms with Crippen molar-refractivity contribution in [2.24, 2.45) is 11.3 Å². The molecule has 1 saturated carbocycles. The van der Waals surface area contributed by atoms with E-state index in [0.29, 0.717) is 5.41 Å². The van der Waals surface area contributed by atoms with Crippen LogP contribution >= 0.6 is 0 Å². The smallest absolute Gasteiger partial charge is 0.0124 e. The molecule has 0 aromatic heterocycles. The van der Waals surface area contributed by atoms with Crippen molar-refractivity contribution in [1.82, 2.24) is 4.90 Å². The number of nitrogens with zero attached hydrogens (tertiary/aromatic N) is 1. The maximum atomic E-state index is 2.75. The third-order valence-corrected chi connectivity index (χ3v) is 3.55. The predicted molar refractivity (Wildman–Crippen MR) is 56.8 cm³/mol. The van der Waals surface area contributed by atoms with Gasteiger partial charge < -0.3 is 0 Å². The first-order chi connectivity index (χ1) is 6.06. The molecule has 13 heavy (non-hydrogen) atoms. The van der Waals surface area contributed by atoms with Crippen molar-refractivity contribution in [2.45, 2.75) is 52.5 Å². The minimum Gasteiger partial charge on any atom is -0.300 e. The largest absolute Gasteiger partial charge is 0.300 e. The van der Waals surface area contributed by atoms with Crippen LogP contribution in [-0.2, 0) is 0 Å². The summed E-state index contributed by atoms with van der Waals surface area (Å²) in [4.78, 5) is 2.75. The lowest BCUT2D eigenvalue weighted by molar-refractivity contribution is 0.170. The first kappa shape index (κ1) is 9.51. The molecular formula is C12H23N.